The van der Waals surface area contributed by atoms with Crippen LogP contribution in [0.25, 0.3) is 22.6 Å². The van der Waals surface area contributed by atoms with Crippen LogP contribution in [0.2, 0.25) is 0 Å². The molecule has 0 aliphatic rings. The van der Waals surface area contributed by atoms with Crippen molar-refractivity contribution in [3.63, 3.8) is 0 Å². The number of benzene rings is 1. The van der Waals surface area contributed by atoms with Gasteiger partial charge in [-0.15, -0.1) is 0 Å². The van der Waals surface area contributed by atoms with Crippen molar-refractivity contribution >= 4 is 5.91 Å². The number of nitrogens with zero attached hydrogens (tertiary/aromatic N) is 4. The molecule has 4 aromatic rings. The van der Waals surface area contributed by atoms with E-state index in [1.54, 1.807) is 18.5 Å². The molecule has 7 nitrogen and oxygen atoms in total. The quantitative estimate of drug-likeness (QED) is 0.544. The number of pyridine rings is 1. The summed E-state index contributed by atoms with van der Waals surface area (Å²) in [6, 6.07) is 13.3. The molecule has 0 saturated carbocycles. The molecular weight excluding hydrogens is 378 g/mol. The molecule has 0 aliphatic heterocycles. The van der Waals surface area contributed by atoms with Crippen LogP contribution in [0.4, 0.5) is 0 Å². The molecular formula is C23H21N5O2. The molecule has 3 heterocycles. The first-order valence-electron chi connectivity index (χ1n) is 9.57. The van der Waals surface area contributed by atoms with Crippen molar-refractivity contribution in [3.05, 3.63) is 83.2 Å². The van der Waals surface area contributed by atoms with Gasteiger partial charge in [-0.05, 0) is 38.5 Å². The monoisotopic (exact) mass is 399 g/mol. The molecule has 1 aromatic carbocycles. The lowest BCUT2D eigenvalue weighted by Crippen LogP contribution is -2.22. The number of aryl methyl sites for hydroxylation is 3. The van der Waals surface area contributed by atoms with E-state index in [-0.39, 0.29) is 5.91 Å². The molecule has 3 aromatic heterocycles. The van der Waals surface area contributed by atoms with E-state index in [4.69, 9.17) is 4.52 Å². The maximum atomic E-state index is 12.3. The minimum atomic E-state index is -0.152. The minimum absolute atomic E-state index is 0.152. The Morgan fingerprint density at radius 3 is 2.43 bits per heavy atom. The third kappa shape index (κ3) is 4.25. The Balaban J connectivity index is 1.52. The summed E-state index contributed by atoms with van der Waals surface area (Å²) in [5.41, 5.74) is 5.69. The van der Waals surface area contributed by atoms with Gasteiger partial charge in [0, 0.05) is 36.3 Å². The highest BCUT2D eigenvalue weighted by atomic mass is 16.5. The molecule has 0 unspecified atom stereocenters. The number of aromatic nitrogens is 4. The lowest BCUT2D eigenvalue weighted by molar-refractivity contribution is 0.0950. The second kappa shape index (κ2) is 8.24. The lowest BCUT2D eigenvalue weighted by atomic mass is 10.0. The maximum Gasteiger partial charge on any atom is 0.253 e. The van der Waals surface area contributed by atoms with Crippen molar-refractivity contribution in [2.75, 3.05) is 0 Å². The molecule has 0 fully saturated rings. The van der Waals surface area contributed by atoms with Crippen LogP contribution in [0.1, 0.15) is 33.1 Å². The van der Waals surface area contributed by atoms with Crippen LogP contribution in [0.15, 0.2) is 59.4 Å². The highest BCUT2D eigenvalue weighted by Crippen LogP contribution is 2.30. The normalized spacial score (nSPS) is 10.8. The Morgan fingerprint density at radius 2 is 1.77 bits per heavy atom. The number of carbonyl (C=O) groups is 1. The van der Waals surface area contributed by atoms with Crippen LogP contribution in [0.3, 0.4) is 0 Å². The predicted octanol–water partition coefficient (Wildman–Crippen LogP) is 4.05. The summed E-state index contributed by atoms with van der Waals surface area (Å²) in [6.07, 6.45) is 3.33. The van der Waals surface area contributed by atoms with Gasteiger partial charge in [-0.3, -0.25) is 9.78 Å². The molecule has 0 atom stereocenters. The van der Waals surface area contributed by atoms with Gasteiger partial charge in [-0.2, -0.15) is 0 Å². The molecule has 0 bridgehead atoms. The van der Waals surface area contributed by atoms with Crippen molar-refractivity contribution in [1.82, 2.24) is 25.4 Å². The SMILES string of the molecule is Cc1ccc(C(=O)NCc2ccc(-c3nc(C)ncc3-c3cc(C)no3)cc2)cn1. The molecule has 0 spiro atoms. The van der Waals surface area contributed by atoms with Gasteiger partial charge in [0.1, 0.15) is 5.82 Å². The lowest BCUT2D eigenvalue weighted by Gasteiger charge is -2.09. The number of rotatable bonds is 5. The van der Waals surface area contributed by atoms with Crippen molar-refractivity contribution < 1.29 is 9.32 Å². The Labute approximate surface area is 174 Å². The zero-order valence-electron chi connectivity index (χ0n) is 17.0. The number of hydrogen-bond acceptors (Lipinski definition) is 6. The van der Waals surface area contributed by atoms with Crippen LogP contribution in [-0.4, -0.2) is 26.0 Å². The number of amides is 1. The van der Waals surface area contributed by atoms with Gasteiger partial charge in [0.15, 0.2) is 5.76 Å². The molecule has 0 radical (unpaired) electrons. The molecule has 0 saturated heterocycles. The summed E-state index contributed by atoms with van der Waals surface area (Å²) in [5.74, 6) is 1.15. The molecule has 1 N–H and O–H groups in total. The van der Waals surface area contributed by atoms with E-state index in [0.29, 0.717) is 23.7 Å². The molecule has 150 valence electrons. The van der Waals surface area contributed by atoms with E-state index in [1.165, 1.54) is 0 Å². The van der Waals surface area contributed by atoms with Gasteiger partial charge < -0.3 is 9.84 Å². The molecule has 4 rings (SSSR count). The van der Waals surface area contributed by atoms with E-state index in [9.17, 15) is 4.79 Å². The first-order valence-corrected chi connectivity index (χ1v) is 9.57. The van der Waals surface area contributed by atoms with Gasteiger partial charge in [0.05, 0.1) is 22.5 Å². The van der Waals surface area contributed by atoms with Crippen LogP contribution in [-0.2, 0) is 6.54 Å². The fraction of sp³-hybridized carbons (Fsp3) is 0.174. The largest absolute Gasteiger partial charge is 0.356 e. The summed E-state index contributed by atoms with van der Waals surface area (Å²) in [6.45, 7) is 6.03. The van der Waals surface area contributed by atoms with E-state index in [1.807, 2.05) is 57.2 Å². The van der Waals surface area contributed by atoms with Crippen molar-refractivity contribution in [2.24, 2.45) is 0 Å². The van der Waals surface area contributed by atoms with E-state index >= 15 is 0 Å². The van der Waals surface area contributed by atoms with Crippen molar-refractivity contribution in [2.45, 2.75) is 27.3 Å². The summed E-state index contributed by atoms with van der Waals surface area (Å²) in [5, 5.41) is 6.87. The van der Waals surface area contributed by atoms with Gasteiger partial charge in [0.25, 0.3) is 5.91 Å². The van der Waals surface area contributed by atoms with Gasteiger partial charge in [-0.25, -0.2) is 9.97 Å². The Hall–Kier alpha value is -3.87. The second-order valence-corrected chi connectivity index (χ2v) is 7.08. The topological polar surface area (TPSA) is 93.8 Å². The summed E-state index contributed by atoms with van der Waals surface area (Å²) >= 11 is 0. The first kappa shape index (κ1) is 19.4. The van der Waals surface area contributed by atoms with Crippen LogP contribution in [0, 0.1) is 20.8 Å². The molecule has 7 heteroatoms. The second-order valence-electron chi connectivity index (χ2n) is 7.08. The summed E-state index contributed by atoms with van der Waals surface area (Å²) < 4.78 is 5.41. The number of nitrogens with one attached hydrogen (secondary N) is 1. The Kier molecular flexibility index (Phi) is 5.34. The average molecular weight is 399 g/mol. The third-order valence-corrected chi connectivity index (χ3v) is 4.66. The molecule has 30 heavy (non-hydrogen) atoms. The predicted molar refractivity (Wildman–Crippen MR) is 113 cm³/mol. The standard InChI is InChI=1S/C23H21N5O2/c1-14-4-7-19(12-24-14)23(29)26-11-17-5-8-18(9-6-17)22-20(13-25-16(3)27-22)21-10-15(2)28-30-21/h4-10,12-13H,11H2,1-3H3,(H,26,29). The highest BCUT2D eigenvalue weighted by molar-refractivity contribution is 5.93. The van der Waals surface area contributed by atoms with E-state index in [0.717, 1.165) is 33.8 Å². The van der Waals surface area contributed by atoms with Crippen molar-refractivity contribution in [1.29, 1.82) is 0 Å². The van der Waals surface area contributed by atoms with Gasteiger partial charge >= 0.3 is 0 Å². The zero-order valence-corrected chi connectivity index (χ0v) is 17.0. The fourth-order valence-electron chi connectivity index (χ4n) is 3.03. The maximum absolute atomic E-state index is 12.3. The van der Waals surface area contributed by atoms with Gasteiger partial charge in [-0.1, -0.05) is 29.4 Å². The summed E-state index contributed by atoms with van der Waals surface area (Å²) in [4.78, 5) is 25.3. The zero-order chi connectivity index (χ0) is 21.1. The number of carbonyl (C=O) groups excluding carboxylic acids is 1. The van der Waals surface area contributed by atoms with Crippen LogP contribution < -0.4 is 5.32 Å². The first-order chi connectivity index (χ1) is 14.5. The third-order valence-electron chi connectivity index (χ3n) is 4.66. The molecule has 0 aliphatic carbocycles. The van der Waals surface area contributed by atoms with Crippen molar-refractivity contribution in [3.8, 4) is 22.6 Å². The van der Waals surface area contributed by atoms with Crippen LogP contribution in [0.5, 0.6) is 0 Å². The average Bonchev–Trinajstić information content (AvgIpc) is 3.19. The van der Waals surface area contributed by atoms with E-state index in [2.05, 4.69) is 25.4 Å². The molecule has 1 amide bonds. The Morgan fingerprint density at radius 1 is 0.967 bits per heavy atom. The Bertz CT molecular complexity index is 1180. The summed E-state index contributed by atoms with van der Waals surface area (Å²) in [7, 11) is 0. The minimum Gasteiger partial charge on any atom is -0.356 e. The fourth-order valence-corrected chi connectivity index (χ4v) is 3.03. The van der Waals surface area contributed by atoms with E-state index < -0.39 is 0 Å². The highest BCUT2D eigenvalue weighted by Gasteiger charge is 2.14. The van der Waals surface area contributed by atoms with Crippen LogP contribution >= 0.6 is 0 Å². The smallest absolute Gasteiger partial charge is 0.253 e. The number of hydrogen-bond donors (Lipinski definition) is 1. The van der Waals surface area contributed by atoms with Gasteiger partial charge in [0.2, 0.25) is 0 Å².